The molecule has 18 heavy (non-hydrogen) atoms. The van der Waals surface area contributed by atoms with Crippen LogP contribution in [0.3, 0.4) is 0 Å². The highest BCUT2D eigenvalue weighted by Crippen LogP contribution is 2.31. The highest BCUT2D eigenvalue weighted by Gasteiger charge is 2.21. The molecule has 0 radical (unpaired) electrons. The third-order valence-electron chi connectivity index (χ3n) is 3.40. The van der Waals surface area contributed by atoms with E-state index in [9.17, 15) is 4.39 Å². The van der Waals surface area contributed by atoms with E-state index in [4.69, 9.17) is 5.73 Å². The lowest BCUT2D eigenvalue weighted by Crippen LogP contribution is -2.16. The second-order valence-corrected chi connectivity index (χ2v) is 4.84. The number of halogens is 1. The van der Waals surface area contributed by atoms with Gasteiger partial charge in [-0.3, -0.25) is 0 Å². The van der Waals surface area contributed by atoms with Crippen LogP contribution in [0.15, 0.2) is 36.4 Å². The lowest BCUT2D eigenvalue weighted by atomic mass is 10.1. The molecular weight excluding hydrogens is 227 g/mol. The van der Waals surface area contributed by atoms with E-state index in [0.717, 1.165) is 24.3 Å². The van der Waals surface area contributed by atoms with Crippen LogP contribution in [0.4, 0.5) is 15.8 Å². The maximum absolute atomic E-state index is 13.9. The summed E-state index contributed by atoms with van der Waals surface area (Å²) in [7, 11) is 0. The van der Waals surface area contributed by atoms with Gasteiger partial charge in [0, 0.05) is 18.8 Å². The topological polar surface area (TPSA) is 29.3 Å². The molecule has 2 aromatic rings. The molecule has 0 saturated heterocycles. The Hall–Kier alpha value is -2.03. The molecule has 92 valence electrons. The first-order valence-corrected chi connectivity index (χ1v) is 6.02. The Morgan fingerprint density at radius 2 is 1.83 bits per heavy atom. The van der Waals surface area contributed by atoms with Crippen molar-refractivity contribution in [2.75, 3.05) is 10.6 Å². The molecule has 1 heterocycles. The van der Waals surface area contributed by atoms with Gasteiger partial charge in [-0.1, -0.05) is 12.1 Å². The first kappa shape index (κ1) is 11.1. The van der Waals surface area contributed by atoms with Gasteiger partial charge in [-0.15, -0.1) is 0 Å². The van der Waals surface area contributed by atoms with Crippen molar-refractivity contribution in [1.82, 2.24) is 0 Å². The molecule has 2 aromatic carbocycles. The van der Waals surface area contributed by atoms with E-state index in [1.54, 1.807) is 6.07 Å². The molecule has 0 aromatic heterocycles. The van der Waals surface area contributed by atoms with Gasteiger partial charge in [-0.25, -0.2) is 4.39 Å². The molecule has 0 saturated carbocycles. The van der Waals surface area contributed by atoms with Gasteiger partial charge >= 0.3 is 0 Å². The predicted octanol–water partition coefficient (Wildman–Crippen LogP) is 3.24. The average Bonchev–Trinajstić information content (AvgIpc) is 2.74. The Balaban J connectivity index is 1.96. The third-order valence-corrected chi connectivity index (χ3v) is 3.40. The van der Waals surface area contributed by atoms with E-state index in [2.05, 4.69) is 0 Å². The van der Waals surface area contributed by atoms with Gasteiger partial charge in [0.15, 0.2) is 0 Å². The van der Waals surface area contributed by atoms with Crippen LogP contribution in [0.1, 0.15) is 16.7 Å². The van der Waals surface area contributed by atoms with Crippen LogP contribution >= 0.6 is 0 Å². The van der Waals surface area contributed by atoms with E-state index in [1.165, 1.54) is 17.2 Å². The molecule has 0 unspecified atom stereocenters. The highest BCUT2D eigenvalue weighted by atomic mass is 19.1. The minimum Gasteiger partial charge on any atom is -0.399 e. The van der Waals surface area contributed by atoms with Gasteiger partial charge in [0.1, 0.15) is 5.82 Å². The molecular formula is C15H15FN2. The monoisotopic (exact) mass is 242 g/mol. The van der Waals surface area contributed by atoms with Gasteiger partial charge in [0.25, 0.3) is 0 Å². The molecule has 2 N–H and O–H groups in total. The molecule has 0 amide bonds. The molecule has 0 spiro atoms. The summed E-state index contributed by atoms with van der Waals surface area (Å²) in [5, 5.41) is 0. The first-order valence-electron chi connectivity index (χ1n) is 6.02. The molecule has 1 aliphatic heterocycles. The standard InChI is InChI=1S/C15H15FN2/c1-10-2-5-14(16)15(6-10)18-8-11-3-4-13(17)7-12(11)9-18/h2-7H,8-9,17H2,1H3. The van der Waals surface area contributed by atoms with Crippen molar-refractivity contribution in [3.8, 4) is 0 Å². The summed E-state index contributed by atoms with van der Waals surface area (Å²) in [5.74, 6) is -0.165. The average molecular weight is 242 g/mol. The fourth-order valence-corrected chi connectivity index (χ4v) is 2.45. The van der Waals surface area contributed by atoms with Crippen LogP contribution in [0.25, 0.3) is 0 Å². The number of aryl methyl sites for hydroxylation is 1. The summed E-state index contributed by atoms with van der Waals surface area (Å²) in [6.07, 6.45) is 0. The molecule has 3 heteroatoms. The second-order valence-electron chi connectivity index (χ2n) is 4.84. The summed E-state index contributed by atoms with van der Waals surface area (Å²) >= 11 is 0. The zero-order chi connectivity index (χ0) is 12.7. The lowest BCUT2D eigenvalue weighted by Gasteiger charge is -2.18. The van der Waals surface area contributed by atoms with Crippen molar-refractivity contribution >= 4 is 11.4 Å². The Morgan fingerprint density at radius 1 is 1.06 bits per heavy atom. The van der Waals surface area contributed by atoms with Crippen molar-refractivity contribution in [2.45, 2.75) is 20.0 Å². The number of benzene rings is 2. The molecule has 1 aliphatic rings. The van der Waals surface area contributed by atoms with E-state index in [-0.39, 0.29) is 5.82 Å². The molecule has 3 rings (SSSR count). The number of nitrogen functional groups attached to an aromatic ring is 1. The SMILES string of the molecule is Cc1ccc(F)c(N2Cc3ccc(N)cc3C2)c1. The van der Waals surface area contributed by atoms with Crippen molar-refractivity contribution in [3.63, 3.8) is 0 Å². The second kappa shape index (κ2) is 4.02. The molecule has 0 bridgehead atoms. The van der Waals surface area contributed by atoms with Gasteiger partial charge in [0.05, 0.1) is 5.69 Å². The number of hydrogen-bond donors (Lipinski definition) is 1. The Bertz CT molecular complexity index is 607. The quantitative estimate of drug-likeness (QED) is 0.778. The molecule has 0 atom stereocenters. The van der Waals surface area contributed by atoms with Crippen LogP contribution in [-0.2, 0) is 13.1 Å². The van der Waals surface area contributed by atoms with Crippen LogP contribution in [0.5, 0.6) is 0 Å². The molecule has 0 fully saturated rings. The Morgan fingerprint density at radius 3 is 2.67 bits per heavy atom. The van der Waals surface area contributed by atoms with E-state index >= 15 is 0 Å². The van der Waals surface area contributed by atoms with Crippen LogP contribution < -0.4 is 10.6 Å². The number of fused-ring (bicyclic) bond motifs is 1. The number of nitrogens with zero attached hydrogens (tertiary/aromatic N) is 1. The minimum atomic E-state index is -0.165. The van der Waals surface area contributed by atoms with Crippen LogP contribution in [-0.4, -0.2) is 0 Å². The van der Waals surface area contributed by atoms with Gasteiger partial charge < -0.3 is 10.6 Å². The minimum absolute atomic E-state index is 0.165. The van der Waals surface area contributed by atoms with Crippen molar-refractivity contribution < 1.29 is 4.39 Å². The third kappa shape index (κ3) is 1.82. The van der Waals surface area contributed by atoms with Gasteiger partial charge in [0.2, 0.25) is 0 Å². The number of anilines is 2. The lowest BCUT2D eigenvalue weighted by molar-refractivity contribution is 0.619. The number of rotatable bonds is 1. The van der Waals surface area contributed by atoms with E-state index in [0.29, 0.717) is 5.69 Å². The normalized spacial score (nSPS) is 13.8. The number of nitrogens with two attached hydrogens (primary N) is 1. The fourth-order valence-electron chi connectivity index (χ4n) is 2.45. The van der Waals surface area contributed by atoms with Crippen LogP contribution in [0, 0.1) is 12.7 Å². The summed E-state index contributed by atoms with van der Waals surface area (Å²) in [5.41, 5.74) is 10.7. The summed E-state index contributed by atoms with van der Waals surface area (Å²) in [6, 6.07) is 11.1. The molecule has 0 aliphatic carbocycles. The smallest absolute Gasteiger partial charge is 0.146 e. The van der Waals surface area contributed by atoms with Crippen molar-refractivity contribution in [2.24, 2.45) is 0 Å². The maximum atomic E-state index is 13.9. The summed E-state index contributed by atoms with van der Waals surface area (Å²) in [6.45, 7) is 3.45. The van der Waals surface area contributed by atoms with E-state index in [1.807, 2.05) is 36.1 Å². The molecule has 2 nitrogen and oxygen atoms in total. The van der Waals surface area contributed by atoms with Gasteiger partial charge in [-0.2, -0.15) is 0 Å². The zero-order valence-electron chi connectivity index (χ0n) is 10.3. The first-order chi connectivity index (χ1) is 8.63. The zero-order valence-corrected chi connectivity index (χ0v) is 10.3. The highest BCUT2D eigenvalue weighted by molar-refractivity contribution is 5.56. The van der Waals surface area contributed by atoms with Crippen molar-refractivity contribution in [3.05, 3.63) is 58.9 Å². The maximum Gasteiger partial charge on any atom is 0.146 e. The fraction of sp³-hybridized carbons (Fsp3) is 0.200. The van der Waals surface area contributed by atoms with Crippen LogP contribution in [0.2, 0.25) is 0 Å². The summed E-state index contributed by atoms with van der Waals surface area (Å²) < 4.78 is 13.9. The van der Waals surface area contributed by atoms with Gasteiger partial charge in [-0.05, 0) is 47.9 Å². The largest absolute Gasteiger partial charge is 0.399 e. The predicted molar refractivity (Wildman–Crippen MR) is 71.9 cm³/mol. The van der Waals surface area contributed by atoms with Crippen molar-refractivity contribution in [1.29, 1.82) is 0 Å². The number of hydrogen-bond acceptors (Lipinski definition) is 2. The summed E-state index contributed by atoms with van der Waals surface area (Å²) in [4.78, 5) is 2.05. The van der Waals surface area contributed by atoms with E-state index < -0.39 is 0 Å². The Kier molecular flexibility index (Phi) is 2.47. The Labute approximate surface area is 106 Å².